The van der Waals surface area contributed by atoms with Crippen molar-refractivity contribution in [3.63, 3.8) is 0 Å². The van der Waals surface area contributed by atoms with Crippen LogP contribution in [0.1, 0.15) is 33.6 Å². The predicted octanol–water partition coefficient (Wildman–Crippen LogP) is 4.49. The highest BCUT2D eigenvalue weighted by molar-refractivity contribution is 9.10. The van der Waals surface area contributed by atoms with Crippen LogP contribution in [-0.4, -0.2) is 44.2 Å². The van der Waals surface area contributed by atoms with Gasteiger partial charge in [0.15, 0.2) is 0 Å². The molecule has 3 rings (SSSR count). The molecule has 0 bridgehead atoms. The fourth-order valence-electron chi connectivity index (χ4n) is 3.02. The van der Waals surface area contributed by atoms with Crippen molar-refractivity contribution in [2.45, 2.75) is 45.8 Å². The maximum absolute atomic E-state index is 12.1. The van der Waals surface area contributed by atoms with Crippen LogP contribution in [0, 0.1) is 5.92 Å². The van der Waals surface area contributed by atoms with Gasteiger partial charge < -0.3 is 14.2 Å². The van der Waals surface area contributed by atoms with Gasteiger partial charge in [0.25, 0.3) is 0 Å². The Kier molecular flexibility index (Phi) is 5.25. The number of rotatable bonds is 2. The maximum atomic E-state index is 12.1. The molecule has 0 saturated carbocycles. The third-order valence-electron chi connectivity index (χ3n) is 4.29. The van der Waals surface area contributed by atoms with Crippen molar-refractivity contribution in [3.8, 4) is 0 Å². The molecule has 1 aliphatic rings. The van der Waals surface area contributed by atoms with Crippen LogP contribution in [0.25, 0.3) is 11.0 Å². The zero-order chi connectivity index (χ0) is 18.2. The lowest BCUT2D eigenvalue weighted by Crippen LogP contribution is -2.42. The molecule has 0 aliphatic carbocycles. The van der Waals surface area contributed by atoms with Crippen LogP contribution >= 0.6 is 27.5 Å². The molecule has 2 aromatic rings. The van der Waals surface area contributed by atoms with E-state index in [1.54, 1.807) is 11.1 Å². The van der Waals surface area contributed by atoms with Gasteiger partial charge in [-0.2, -0.15) is 0 Å². The summed E-state index contributed by atoms with van der Waals surface area (Å²) in [4.78, 5) is 22.6. The quantitative estimate of drug-likeness (QED) is 0.660. The van der Waals surface area contributed by atoms with Gasteiger partial charge in [-0.3, -0.25) is 0 Å². The highest BCUT2D eigenvalue weighted by Gasteiger charge is 2.27. The largest absolute Gasteiger partial charge is 0.444 e. The van der Waals surface area contributed by atoms with Crippen molar-refractivity contribution in [2.75, 3.05) is 13.1 Å². The van der Waals surface area contributed by atoms with Crippen LogP contribution < -0.4 is 0 Å². The molecule has 1 saturated heterocycles. The fourth-order valence-corrected chi connectivity index (χ4v) is 3.56. The normalized spacial score (nSPS) is 16.4. The first-order valence-corrected chi connectivity index (χ1v) is 9.54. The van der Waals surface area contributed by atoms with E-state index in [1.165, 1.54) is 0 Å². The summed E-state index contributed by atoms with van der Waals surface area (Å²) < 4.78 is 8.28. The Balaban J connectivity index is 1.61. The number of imidazole rings is 1. The topological polar surface area (TPSA) is 60.2 Å². The summed E-state index contributed by atoms with van der Waals surface area (Å²) >= 11 is 9.46. The smallest absolute Gasteiger partial charge is 0.410 e. The van der Waals surface area contributed by atoms with Gasteiger partial charge in [0.1, 0.15) is 16.3 Å². The standard InChI is InChI=1S/C17H22BrClN4O2/c1-17(2,3)25-16(24)22-6-4-11(5-7-22)9-23-10-21-14-12(23)8-20-15(19)13(14)18/h8,10-11H,4-7,9H2,1-3H3. The summed E-state index contributed by atoms with van der Waals surface area (Å²) in [5.41, 5.74) is 1.34. The van der Waals surface area contributed by atoms with Crippen molar-refractivity contribution in [3.05, 3.63) is 22.1 Å². The number of hydrogen-bond acceptors (Lipinski definition) is 4. The second-order valence-corrected chi connectivity index (χ2v) is 8.56. The number of nitrogens with zero attached hydrogens (tertiary/aromatic N) is 4. The molecule has 8 heteroatoms. The molecule has 6 nitrogen and oxygen atoms in total. The Bertz CT molecular complexity index is 779. The predicted molar refractivity (Wildman–Crippen MR) is 101 cm³/mol. The molecule has 1 aliphatic heterocycles. The summed E-state index contributed by atoms with van der Waals surface area (Å²) in [5, 5.41) is 0.420. The number of aromatic nitrogens is 3. The Morgan fingerprint density at radius 1 is 1.36 bits per heavy atom. The van der Waals surface area contributed by atoms with Gasteiger partial charge in [0.05, 0.1) is 22.5 Å². The molecule has 136 valence electrons. The Hall–Kier alpha value is -1.34. The van der Waals surface area contributed by atoms with Crippen LogP contribution in [0.5, 0.6) is 0 Å². The lowest BCUT2D eigenvalue weighted by Gasteiger charge is -2.33. The molecule has 0 atom stereocenters. The number of hydrogen-bond donors (Lipinski definition) is 0. The van der Waals surface area contributed by atoms with Crippen LogP contribution in [0.4, 0.5) is 4.79 Å². The van der Waals surface area contributed by atoms with Crippen LogP contribution in [-0.2, 0) is 11.3 Å². The average molecular weight is 430 g/mol. The Labute approximate surface area is 160 Å². The van der Waals surface area contributed by atoms with E-state index < -0.39 is 5.60 Å². The number of piperidine rings is 1. The number of ether oxygens (including phenoxy) is 1. The molecule has 0 spiro atoms. The van der Waals surface area contributed by atoms with Crippen molar-refractivity contribution in [1.29, 1.82) is 0 Å². The second kappa shape index (κ2) is 7.11. The molecule has 2 aromatic heterocycles. The van der Waals surface area contributed by atoms with Gasteiger partial charge in [0, 0.05) is 19.6 Å². The number of carbonyl (C=O) groups is 1. The number of halogens is 2. The van der Waals surface area contributed by atoms with Gasteiger partial charge in [-0.05, 0) is 55.5 Å². The van der Waals surface area contributed by atoms with E-state index in [4.69, 9.17) is 16.3 Å². The number of amides is 1. The zero-order valence-electron chi connectivity index (χ0n) is 14.6. The van der Waals surface area contributed by atoms with Crippen molar-refractivity contribution in [1.82, 2.24) is 19.4 Å². The first kappa shape index (κ1) is 18.5. The summed E-state index contributed by atoms with van der Waals surface area (Å²) in [6.07, 6.45) is 5.25. The number of fused-ring (bicyclic) bond motifs is 1. The third-order valence-corrected chi connectivity index (χ3v) is 5.55. The summed E-state index contributed by atoms with van der Waals surface area (Å²) in [7, 11) is 0. The highest BCUT2D eigenvalue weighted by atomic mass is 79.9. The fraction of sp³-hybridized carbons (Fsp3) is 0.588. The Morgan fingerprint density at radius 3 is 2.68 bits per heavy atom. The molecule has 25 heavy (non-hydrogen) atoms. The van der Waals surface area contributed by atoms with Crippen LogP contribution in [0.3, 0.4) is 0 Å². The first-order chi connectivity index (χ1) is 11.7. The number of pyridine rings is 1. The summed E-state index contributed by atoms with van der Waals surface area (Å²) in [6, 6.07) is 0. The van der Waals surface area contributed by atoms with E-state index in [-0.39, 0.29) is 6.09 Å². The molecule has 3 heterocycles. The van der Waals surface area contributed by atoms with Gasteiger partial charge >= 0.3 is 6.09 Å². The highest BCUT2D eigenvalue weighted by Crippen LogP contribution is 2.29. The maximum Gasteiger partial charge on any atom is 0.410 e. The molecule has 0 N–H and O–H groups in total. The van der Waals surface area contributed by atoms with Crippen molar-refractivity contribution < 1.29 is 9.53 Å². The summed E-state index contributed by atoms with van der Waals surface area (Å²) in [6.45, 7) is 7.97. The van der Waals surface area contributed by atoms with Gasteiger partial charge in [-0.25, -0.2) is 14.8 Å². The second-order valence-electron chi connectivity index (χ2n) is 7.40. The van der Waals surface area contributed by atoms with Gasteiger partial charge in [0.2, 0.25) is 0 Å². The lowest BCUT2D eigenvalue weighted by molar-refractivity contribution is 0.0178. The van der Waals surface area contributed by atoms with E-state index in [0.717, 1.165) is 48.0 Å². The van der Waals surface area contributed by atoms with E-state index in [2.05, 4.69) is 30.5 Å². The minimum Gasteiger partial charge on any atom is -0.444 e. The van der Waals surface area contributed by atoms with Crippen molar-refractivity contribution in [2.24, 2.45) is 5.92 Å². The molecule has 0 radical (unpaired) electrons. The van der Waals surface area contributed by atoms with E-state index in [0.29, 0.717) is 11.1 Å². The molecular weight excluding hydrogens is 408 g/mol. The van der Waals surface area contributed by atoms with E-state index in [9.17, 15) is 4.79 Å². The number of likely N-dealkylation sites (tertiary alicyclic amines) is 1. The van der Waals surface area contributed by atoms with Crippen molar-refractivity contribution >= 4 is 44.7 Å². The molecule has 1 amide bonds. The van der Waals surface area contributed by atoms with Crippen LogP contribution in [0.15, 0.2) is 17.0 Å². The lowest BCUT2D eigenvalue weighted by atomic mass is 9.97. The molecule has 0 unspecified atom stereocenters. The zero-order valence-corrected chi connectivity index (χ0v) is 17.0. The van der Waals surface area contributed by atoms with Gasteiger partial charge in [-0.1, -0.05) is 11.6 Å². The molecular formula is C17H22BrClN4O2. The number of carbonyl (C=O) groups excluding carboxylic acids is 1. The van der Waals surface area contributed by atoms with Gasteiger partial charge in [-0.15, -0.1) is 0 Å². The molecule has 1 fully saturated rings. The van der Waals surface area contributed by atoms with Crippen LogP contribution in [0.2, 0.25) is 5.15 Å². The Morgan fingerprint density at radius 2 is 2.04 bits per heavy atom. The minimum atomic E-state index is -0.453. The SMILES string of the molecule is CC(C)(C)OC(=O)N1CCC(Cn2cnc3c(Br)c(Cl)ncc32)CC1. The monoisotopic (exact) mass is 428 g/mol. The van der Waals surface area contributed by atoms with E-state index >= 15 is 0 Å². The van der Waals surface area contributed by atoms with E-state index in [1.807, 2.05) is 27.1 Å². The average Bonchev–Trinajstić information content (AvgIpc) is 2.93. The summed E-state index contributed by atoms with van der Waals surface area (Å²) in [5.74, 6) is 0.491. The molecule has 0 aromatic carbocycles. The first-order valence-electron chi connectivity index (χ1n) is 8.37. The minimum absolute atomic E-state index is 0.221. The third kappa shape index (κ3) is 4.26.